The SMILES string of the molecule is C=CC(=O)Nc1ccnc(-c2c(F)ccc3cnc(Nc4ccc([C@]5(CN)CNCCO5)nc4)nc23)c1. The number of nitrogens with two attached hydrogens (primary N) is 1. The quantitative estimate of drug-likeness (QED) is 0.282. The fraction of sp³-hybridized carbons (Fsp3) is 0.192. The highest BCUT2D eigenvalue weighted by molar-refractivity contribution is 6.00. The van der Waals surface area contributed by atoms with Crippen molar-refractivity contribution in [2.24, 2.45) is 5.73 Å². The summed E-state index contributed by atoms with van der Waals surface area (Å²) in [6.07, 6.45) is 5.89. The maximum atomic E-state index is 15.1. The van der Waals surface area contributed by atoms with Crippen molar-refractivity contribution in [3.63, 3.8) is 0 Å². The van der Waals surface area contributed by atoms with Crippen LogP contribution in [0.2, 0.25) is 0 Å². The molecule has 3 aromatic heterocycles. The molecular formula is C26H25FN8O2. The molecule has 1 saturated heterocycles. The monoisotopic (exact) mass is 500 g/mol. The minimum atomic E-state index is -0.671. The highest BCUT2D eigenvalue weighted by Gasteiger charge is 2.35. The fourth-order valence-electron chi connectivity index (χ4n) is 4.14. The normalized spacial score (nSPS) is 17.4. The van der Waals surface area contributed by atoms with Gasteiger partial charge in [-0.15, -0.1) is 0 Å². The third-order valence-electron chi connectivity index (χ3n) is 6.05. The van der Waals surface area contributed by atoms with Gasteiger partial charge >= 0.3 is 0 Å². The standard InChI is InChI=1S/C26H25FN8O2/c1-2-22(36)33-17-7-8-30-20(11-17)23-19(27)5-3-16-12-32-25(35-24(16)23)34-18-4-6-21(31-13-18)26(14-28)15-29-9-10-37-26/h2-8,11-13,29H,1,9-10,14-15,28H2,(H,30,33,36)(H,32,34,35)/t26-/m0/s1. The van der Waals surface area contributed by atoms with Crippen molar-refractivity contribution in [1.29, 1.82) is 0 Å². The Morgan fingerprint density at radius 1 is 1.19 bits per heavy atom. The van der Waals surface area contributed by atoms with Crippen LogP contribution in [0.1, 0.15) is 5.69 Å². The summed E-state index contributed by atoms with van der Waals surface area (Å²) in [5.74, 6) is -0.627. The van der Waals surface area contributed by atoms with Gasteiger partial charge in [0.2, 0.25) is 11.9 Å². The van der Waals surface area contributed by atoms with Gasteiger partial charge in [0.05, 0.1) is 41.0 Å². The fourth-order valence-corrected chi connectivity index (χ4v) is 4.14. The minimum absolute atomic E-state index is 0.193. The summed E-state index contributed by atoms with van der Waals surface area (Å²) in [7, 11) is 0. The Hall–Kier alpha value is -4.32. The summed E-state index contributed by atoms with van der Waals surface area (Å²) in [5.41, 5.74) is 8.03. The number of ether oxygens (including phenoxy) is 1. The number of nitrogens with zero attached hydrogens (tertiary/aromatic N) is 4. The van der Waals surface area contributed by atoms with E-state index in [0.717, 1.165) is 18.3 Å². The third-order valence-corrected chi connectivity index (χ3v) is 6.05. The molecule has 1 aliphatic rings. The number of rotatable bonds is 7. The van der Waals surface area contributed by atoms with Gasteiger partial charge < -0.3 is 26.4 Å². The first kappa shape index (κ1) is 24.4. The molecule has 1 amide bonds. The number of fused-ring (bicyclic) bond motifs is 1. The van der Waals surface area contributed by atoms with Gasteiger partial charge in [-0.05, 0) is 42.5 Å². The molecule has 5 rings (SSSR count). The molecule has 188 valence electrons. The Labute approximate surface area is 212 Å². The number of anilines is 3. The van der Waals surface area contributed by atoms with Crippen molar-refractivity contribution in [2.75, 3.05) is 36.9 Å². The first-order valence-electron chi connectivity index (χ1n) is 11.6. The average molecular weight is 501 g/mol. The van der Waals surface area contributed by atoms with Crippen molar-refractivity contribution in [1.82, 2.24) is 25.3 Å². The van der Waals surface area contributed by atoms with Gasteiger partial charge in [-0.1, -0.05) is 6.58 Å². The number of nitrogens with one attached hydrogen (secondary N) is 3. The number of amides is 1. The smallest absolute Gasteiger partial charge is 0.247 e. The molecule has 4 heterocycles. The van der Waals surface area contributed by atoms with E-state index >= 15 is 4.39 Å². The van der Waals surface area contributed by atoms with Gasteiger partial charge in [0.15, 0.2) is 0 Å². The van der Waals surface area contributed by atoms with E-state index in [1.54, 1.807) is 30.6 Å². The molecule has 0 unspecified atom stereocenters. The van der Waals surface area contributed by atoms with E-state index in [4.69, 9.17) is 10.5 Å². The number of halogens is 1. The molecule has 1 aliphatic heterocycles. The summed E-state index contributed by atoms with van der Waals surface area (Å²) in [6, 6.07) is 9.81. The molecule has 1 atom stereocenters. The van der Waals surface area contributed by atoms with E-state index < -0.39 is 11.4 Å². The Balaban J connectivity index is 1.46. The molecule has 1 aromatic carbocycles. The number of hydrogen-bond donors (Lipinski definition) is 4. The predicted octanol–water partition coefficient (Wildman–Crippen LogP) is 2.87. The van der Waals surface area contributed by atoms with Crippen LogP contribution in [-0.4, -0.2) is 52.1 Å². The molecule has 37 heavy (non-hydrogen) atoms. The number of aromatic nitrogens is 4. The number of carbonyl (C=O) groups excluding carboxylic acids is 1. The lowest BCUT2D eigenvalue weighted by molar-refractivity contribution is -0.111. The second-order valence-electron chi connectivity index (χ2n) is 8.46. The number of morpholine rings is 1. The van der Waals surface area contributed by atoms with Gasteiger partial charge in [-0.25, -0.2) is 14.4 Å². The average Bonchev–Trinajstić information content (AvgIpc) is 2.93. The first-order chi connectivity index (χ1) is 18.0. The summed E-state index contributed by atoms with van der Waals surface area (Å²) in [4.78, 5) is 29.5. The van der Waals surface area contributed by atoms with E-state index in [1.165, 1.54) is 12.3 Å². The second-order valence-corrected chi connectivity index (χ2v) is 8.46. The van der Waals surface area contributed by atoms with Crippen LogP contribution in [0, 0.1) is 5.82 Å². The zero-order valence-electron chi connectivity index (χ0n) is 19.9. The van der Waals surface area contributed by atoms with Crippen molar-refractivity contribution >= 4 is 34.1 Å². The minimum Gasteiger partial charge on any atom is -0.365 e. The number of pyridine rings is 2. The molecule has 0 radical (unpaired) electrons. The van der Waals surface area contributed by atoms with Crippen molar-refractivity contribution < 1.29 is 13.9 Å². The molecule has 4 aromatic rings. The van der Waals surface area contributed by atoms with E-state index in [-0.39, 0.29) is 17.4 Å². The molecule has 1 fully saturated rings. The van der Waals surface area contributed by atoms with Crippen LogP contribution < -0.4 is 21.7 Å². The lowest BCUT2D eigenvalue weighted by atomic mass is 9.97. The Bertz CT molecular complexity index is 1460. The van der Waals surface area contributed by atoms with Gasteiger partial charge in [0.25, 0.3) is 0 Å². The van der Waals surface area contributed by atoms with E-state index in [1.807, 2.05) is 12.1 Å². The van der Waals surface area contributed by atoms with Crippen molar-refractivity contribution in [3.05, 3.63) is 79.2 Å². The summed E-state index contributed by atoms with van der Waals surface area (Å²) < 4.78 is 21.0. The Kier molecular flexibility index (Phi) is 6.82. The number of carbonyl (C=O) groups is 1. The topological polar surface area (TPSA) is 140 Å². The molecule has 0 aliphatic carbocycles. The van der Waals surface area contributed by atoms with Gasteiger partial charge in [0.1, 0.15) is 11.4 Å². The highest BCUT2D eigenvalue weighted by atomic mass is 19.1. The van der Waals surface area contributed by atoms with E-state index in [9.17, 15) is 4.79 Å². The van der Waals surface area contributed by atoms with Crippen LogP contribution in [0.4, 0.5) is 21.7 Å². The van der Waals surface area contributed by atoms with Crippen molar-refractivity contribution in [2.45, 2.75) is 5.60 Å². The molecular weight excluding hydrogens is 475 g/mol. The Morgan fingerprint density at radius 2 is 2.08 bits per heavy atom. The highest BCUT2D eigenvalue weighted by Crippen LogP contribution is 2.31. The lowest BCUT2D eigenvalue weighted by Gasteiger charge is -2.36. The van der Waals surface area contributed by atoms with Crippen LogP contribution in [0.25, 0.3) is 22.2 Å². The van der Waals surface area contributed by atoms with E-state index in [0.29, 0.717) is 47.7 Å². The van der Waals surface area contributed by atoms with Gasteiger partial charge in [-0.2, -0.15) is 0 Å². The zero-order valence-corrected chi connectivity index (χ0v) is 19.9. The first-order valence-corrected chi connectivity index (χ1v) is 11.6. The van der Waals surface area contributed by atoms with Gasteiger partial charge in [0, 0.05) is 43.1 Å². The van der Waals surface area contributed by atoms with Crippen LogP contribution in [0.3, 0.4) is 0 Å². The Morgan fingerprint density at radius 3 is 2.81 bits per heavy atom. The summed E-state index contributed by atoms with van der Waals surface area (Å²) in [5, 5.41) is 9.70. The van der Waals surface area contributed by atoms with Crippen LogP contribution in [0.15, 0.2) is 67.6 Å². The summed E-state index contributed by atoms with van der Waals surface area (Å²) >= 11 is 0. The molecule has 0 spiro atoms. The maximum absolute atomic E-state index is 15.1. The van der Waals surface area contributed by atoms with Crippen LogP contribution in [-0.2, 0) is 15.1 Å². The molecule has 0 saturated carbocycles. The van der Waals surface area contributed by atoms with Crippen LogP contribution in [0.5, 0.6) is 0 Å². The molecule has 5 N–H and O–H groups in total. The number of benzene rings is 1. The van der Waals surface area contributed by atoms with E-state index in [2.05, 4.69) is 42.5 Å². The maximum Gasteiger partial charge on any atom is 0.247 e. The number of hydrogen-bond acceptors (Lipinski definition) is 9. The third kappa shape index (κ3) is 5.00. The predicted molar refractivity (Wildman–Crippen MR) is 139 cm³/mol. The summed E-state index contributed by atoms with van der Waals surface area (Å²) in [6.45, 7) is 5.65. The second kappa shape index (κ2) is 10.3. The van der Waals surface area contributed by atoms with Crippen LogP contribution >= 0.6 is 0 Å². The zero-order chi connectivity index (χ0) is 25.8. The molecule has 0 bridgehead atoms. The van der Waals surface area contributed by atoms with Crippen molar-refractivity contribution in [3.8, 4) is 11.3 Å². The lowest BCUT2D eigenvalue weighted by Crippen LogP contribution is -2.52. The molecule has 11 heteroatoms. The molecule has 10 nitrogen and oxygen atoms in total. The largest absolute Gasteiger partial charge is 0.365 e. The van der Waals surface area contributed by atoms with Gasteiger partial charge in [-0.3, -0.25) is 14.8 Å².